The Morgan fingerprint density at radius 3 is 2.57 bits per heavy atom. The molecule has 28 heavy (non-hydrogen) atoms. The highest BCUT2D eigenvalue weighted by Crippen LogP contribution is 2.34. The second kappa shape index (κ2) is 9.03. The Hall–Kier alpha value is -1.95. The topological polar surface area (TPSA) is 50.8 Å². The summed E-state index contributed by atoms with van der Waals surface area (Å²) < 4.78 is 11.6. The number of rotatable bonds is 7. The number of nitrogens with zero attached hydrogens (tertiary/aromatic N) is 1. The van der Waals surface area contributed by atoms with Gasteiger partial charge < -0.3 is 14.8 Å². The lowest BCUT2D eigenvalue weighted by atomic mass is 9.98. The van der Waals surface area contributed by atoms with E-state index in [1.165, 1.54) is 0 Å². The molecule has 0 radical (unpaired) electrons. The van der Waals surface area contributed by atoms with E-state index in [4.69, 9.17) is 32.7 Å². The van der Waals surface area contributed by atoms with E-state index < -0.39 is 0 Å². The maximum Gasteiger partial charge on any atom is 0.225 e. The van der Waals surface area contributed by atoms with Gasteiger partial charge in [0.05, 0.1) is 23.1 Å². The van der Waals surface area contributed by atoms with Crippen molar-refractivity contribution in [3.05, 3.63) is 57.1 Å². The molecule has 1 amide bonds. The van der Waals surface area contributed by atoms with E-state index in [1.807, 2.05) is 19.1 Å². The number of nitrogens with one attached hydrogen (secondary N) is 1. The molecule has 1 aliphatic heterocycles. The third-order valence-electron chi connectivity index (χ3n) is 4.87. The Bertz CT molecular complexity index is 867. The number of hydrogen-bond donors (Lipinski definition) is 1. The molecule has 3 rings (SSSR count). The Morgan fingerprint density at radius 2 is 1.93 bits per heavy atom. The molecular formula is C21H24Cl2N2O3. The molecule has 0 spiro atoms. The first-order chi connectivity index (χ1) is 13.4. The summed E-state index contributed by atoms with van der Waals surface area (Å²) in [6.45, 7) is 4.69. The summed E-state index contributed by atoms with van der Waals surface area (Å²) in [5.74, 6) is 1.60. The number of halogens is 2. The van der Waals surface area contributed by atoms with E-state index in [9.17, 15) is 4.79 Å². The molecule has 0 atom stereocenters. The highest BCUT2D eigenvalue weighted by atomic mass is 35.5. The minimum Gasteiger partial charge on any atom is -0.493 e. The van der Waals surface area contributed by atoms with E-state index in [2.05, 4.69) is 16.3 Å². The Kier molecular flexibility index (Phi) is 6.70. The summed E-state index contributed by atoms with van der Waals surface area (Å²) in [6.07, 6.45) is 0. The molecule has 2 aromatic rings. The smallest absolute Gasteiger partial charge is 0.225 e. The van der Waals surface area contributed by atoms with Gasteiger partial charge in [0.25, 0.3) is 0 Å². The monoisotopic (exact) mass is 422 g/mol. The van der Waals surface area contributed by atoms with Gasteiger partial charge in [-0.15, -0.1) is 0 Å². The summed E-state index contributed by atoms with van der Waals surface area (Å²) in [5.41, 5.74) is 3.06. The van der Waals surface area contributed by atoms with Gasteiger partial charge in [-0.2, -0.15) is 0 Å². The largest absolute Gasteiger partial charge is 0.493 e. The van der Waals surface area contributed by atoms with Crippen LogP contribution in [0.2, 0.25) is 10.0 Å². The molecule has 0 unspecified atom stereocenters. The van der Waals surface area contributed by atoms with E-state index in [-0.39, 0.29) is 11.8 Å². The Morgan fingerprint density at radius 1 is 1.18 bits per heavy atom. The van der Waals surface area contributed by atoms with Gasteiger partial charge in [-0.05, 0) is 41.8 Å². The standard InChI is InChI=1S/C21H24Cl2N2O3/c1-13-6-15(9-25-10-16(11-25)21(26)24-2)8-19(27-3)20(13)28-12-14-4-5-17(22)18(23)7-14/h4-8,16H,9-12H2,1-3H3,(H,24,26). The number of benzene rings is 2. The normalized spacial score (nSPS) is 14.5. The fourth-order valence-corrected chi connectivity index (χ4v) is 3.67. The molecule has 0 aromatic heterocycles. The van der Waals surface area contributed by atoms with Gasteiger partial charge in [0, 0.05) is 26.7 Å². The SMILES string of the molecule is CNC(=O)C1CN(Cc2cc(C)c(OCc3ccc(Cl)c(Cl)c3)c(OC)c2)C1. The van der Waals surface area contributed by atoms with Crippen molar-refractivity contribution in [1.82, 2.24) is 10.2 Å². The average Bonchev–Trinajstić information content (AvgIpc) is 2.65. The van der Waals surface area contributed by atoms with Gasteiger partial charge in [-0.3, -0.25) is 9.69 Å². The fraction of sp³-hybridized carbons (Fsp3) is 0.381. The summed E-state index contributed by atoms with van der Waals surface area (Å²) in [6, 6.07) is 9.53. The van der Waals surface area contributed by atoms with Crippen molar-refractivity contribution >= 4 is 29.1 Å². The first-order valence-electron chi connectivity index (χ1n) is 9.09. The highest BCUT2D eigenvalue weighted by molar-refractivity contribution is 6.42. The molecule has 0 saturated carbocycles. The predicted octanol–water partition coefficient (Wildman–Crippen LogP) is 4.07. The highest BCUT2D eigenvalue weighted by Gasteiger charge is 2.31. The predicted molar refractivity (Wildman–Crippen MR) is 111 cm³/mol. The zero-order chi connectivity index (χ0) is 20.3. The number of ether oxygens (including phenoxy) is 2. The van der Waals surface area contributed by atoms with Crippen LogP contribution in [0.25, 0.3) is 0 Å². The van der Waals surface area contributed by atoms with Crippen LogP contribution in [0, 0.1) is 12.8 Å². The molecule has 0 aliphatic carbocycles. The van der Waals surface area contributed by atoms with Gasteiger partial charge in [0.15, 0.2) is 11.5 Å². The molecule has 1 saturated heterocycles. The fourth-order valence-electron chi connectivity index (χ4n) is 3.35. The van der Waals surface area contributed by atoms with Crippen LogP contribution in [0.5, 0.6) is 11.5 Å². The van der Waals surface area contributed by atoms with Crippen molar-refractivity contribution in [3.63, 3.8) is 0 Å². The second-order valence-electron chi connectivity index (χ2n) is 6.99. The summed E-state index contributed by atoms with van der Waals surface area (Å²) >= 11 is 12.0. The maximum absolute atomic E-state index is 11.6. The number of hydrogen-bond acceptors (Lipinski definition) is 4. The van der Waals surface area contributed by atoms with Crippen molar-refractivity contribution < 1.29 is 14.3 Å². The number of likely N-dealkylation sites (tertiary alicyclic amines) is 1. The molecule has 1 fully saturated rings. The van der Waals surface area contributed by atoms with Gasteiger partial charge in [0.2, 0.25) is 5.91 Å². The Labute approximate surface area is 175 Å². The minimum atomic E-state index is 0.0850. The molecular weight excluding hydrogens is 399 g/mol. The van der Waals surface area contributed by atoms with Crippen LogP contribution >= 0.6 is 23.2 Å². The molecule has 1 aliphatic rings. The molecule has 2 aromatic carbocycles. The van der Waals surface area contributed by atoms with Crippen LogP contribution in [0.15, 0.2) is 30.3 Å². The van der Waals surface area contributed by atoms with Gasteiger partial charge in [-0.1, -0.05) is 35.3 Å². The summed E-state index contributed by atoms with van der Waals surface area (Å²) in [5, 5.41) is 3.73. The van der Waals surface area contributed by atoms with Crippen LogP contribution < -0.4 is 14.8 Å². The van der Waals surface area contributed by atoms with Gasteiger partial charge in [-0.25, -0.2) is 0 Å². The lowest BCUT2D eigenvalue weighted by Crippen LogP contribution is -2.52. The zero-order valence-corrected chi connectivity index (χ0v) is 17.7. The van der Waals surface area contributed by atoms with E-state index >= 15 is 0 Å². The molecule has 150 valence electrons. The van der Waals surface area contributed by atoms with Crippen molar-refractivity contribution in [3.8, 4) is 11.5 Å². The quantitative estimate of drug-likeness (QED) is 0.730. The van der Waals surface area contributed by atoms with Crippen molar-refractivity contribution in [1.29, 1.82) is 0 Å². The lowest BCUT2D eigenvalue weighted by molar-refractivity contribution is -0.129. The number of carbonyl (C=O) groups is 1. The van der Waals surface area contributed by atoms with Crippen LogP contribution in [0.3, 0.4) is 0 Å². The minimum absolute atomic E-state index is 0.0850. The van der Waals surface area contributed by atoms with Gasteiger partial charge >= 0.3 is 0 Å². The number of aryl methyl sites for hydroxylation is 1. The molecule has 5 nitrogen and oxygen atoms in total. The zero-order valence-electron chi connectivity index (χ0n) is 16.2. The average molecular weight is 423 g/mol. The van der Waals surface area contributed by atoms with Gasteiger partial charge in [0.1, 0.15) is 6.61 Å². The molecule has 0 bridgehead atoms. The van der Waals surface area contributed by atoms with Crippen LogP contribution in [0.1, 0.15) is 16.7 Å². The number of amides is 1. The number of methoxy groups -OCH3 is 1. The van der Waals surface area contributed by atoms with Crippen LogP contribution in [0.4, 0.5) is 0 Å². The first-order valence-corrected chi connectivity index (χ1v) is 9.85. The van der Waals surface area contributed by atoms with Crippen molar-refractivity contribution in [2.45, 2.75) is 20.1 Å². The van der Waals surface area contributed by atoms with E-state index in [0.29, 0.717) is 28.2 Å². The van der Waals surface area contributed by atoms with Crippen molar-refractivity contribution in [2.24, 2.45) is 5.92 Å². The summed E-state index contributed by atoms with van der Waals surface area (Å²) in [7, 11) is 3.31. The Balaban J connectivity index is 1.66. The van der Waals surface area contributed by atoms with Crippen molar-refractivity contribution in [2.75, 3.05) is 27.2 Å². The molecule has 1 N–H and O–H groups in total. The molecule has 1 heterocycles. The van der Waals surface area contributed by atoms with Crippen LogP contribution in [-0.2, 0) is 17.9 Å². The number of carbonyl (C=O) groups excluding carboxylic acids is 1. The first kappa shape index (κ1) is 20.8. The van der Waals surface area contributed by atoms with E-state index in [1.54, 1.807) is 26.3 Å². The summed E-state index contributed by atoms with van der Waals surface area (Å²) in [4.78, 5) is 13.9. The van der Waals surface area contributed by atoms with E-state index in [0.717, 1.165) is 36.3 Å². The third kappa shape index (κ3) is 4.72. The molecule has 7 heteroatoms. The second-order valence-corrected chi connectivity index (χ2v) is 7.80. The lowest BCUT2D eigenvalue weighted by Gasteiger charge is -2.38. The maximum atomic E-state index is 11.6. The third-order valence-corrected chi connectivity index (χ3v) is 5.61. The van der Waals surface area contributed by atoms with Crippen LogP contribution in [-0.4, -0.2) is 38.1 Å².